The van der Waals surface area contributed by atoms with E-state index in [9.17, 15) is 9.90 Å². The Morgan fingerprint density at radius 1 is 1.50 bits per heavy atom. The Bertz CT molecular complexity index is 286. The lowest BCUT2D eigenvalue weighted by Gasteiger charge is -2.02. The lowest BCUT2D eigenvalue weighted by molar-refractivity contribution is 0.0952. The number of carbonyl (C=O) groups is 1. The quantitative estimate of drug-likeness (QED) is 0.543. The maximum Gasteiger partial charge on any atom is 0.256 e. The summed E-state index contributed by atoms with van der Waals surface area (Å²) in [5.74, 6) is -0.404. The zero-order valence-corrected chi connectivity index (χ0v) is 6.45. The molecule has 0 fully saturated rings. The number of para-hydroxylation sites is 1. The smallest absolute Gasteiger partial charge is 0.256 e. The van der Waals surface area contributed by atoms with E-state index in [4.69, 9.17) is 5.73 Å². The van der Waals surface area contributed by atoms with Crippen LogP contribution in [0.3, 0.4) is 0 Å². The van der Waals surface area contributed by atoms with Crippen molar-refractivity contribution < 1.29 is 9.90 Å². The number of phenols is 1. The van der Waals surface area contributed by atoms with Crippen molar-refractivity contribution in [3.05, 3.63) is 29.8 Å². The third kappa shape index (κ3) is 1.73. The van der Waals surface area contributed by atoms with Crippen LogP contribution >= 0.6 is 0 Å². The van der Waals surface area contributed by atoms with Crippen molar-refractivity contribution in [1.82, 2.24) is 5.32 Å². The Hall–Kier alpha value is -1.55. The highest BCUT2D eigenvalue weighted by molar-refractivity contribution is 5.96. The molecule has 12 heavy (non-hydrogen) atoms. The molecule has 0 bridgehead atoms. The molecule has 0 aliphatic heterocycles. The van der Waals surface area contributed by atoms with E-state index in [2.05, 4.69) is 5.32 Å². The lowest BCUT2D eigenvalue weighted by atomic mass is 10.2. The van der Waals surface area contributed by atoms with E-state index in [0.29, 0.717) is 0 Å². The summed E-state index contributed by atoms with van der Waals surface area (Å²) in [7, 11) is 0. The average Bonchev–Trinajstić information content (AvgIpc) is 2.05. The van der Waals surface area contributed by atoms with Crippen LogP contribution in [0.2, 0.25) is 0 Å². The summed E-state index contributed by atoms with van der Waals surface area (Å²) in [5, 5.41) is 11.6. The van der Waals surface area contributed by atoms with Gasteiger partial charge >= 0.3 is 0 Å². The SMILES string of the molecule is NCNC(=O)c1ccccc1O. The molecule has 0 aliphatic rings. The van der Waals surface area contributed by atoms with E-state index >= 15 is 0 Å². The van der Waals surface area contributed by atoms with E-state index in [0.717, 1.165) is 0 Å². The molecule has 0 atom stereocenters. The number of aromatic hydroxyl groups is 1. The molecule has 0 aliphatic carbocycles. The second kappa shape index (κ2) is 3.73. The average molecular weight is 166 g/mol. The summed E-state index contributed by atoms with van der Waals surface area (Å²) in [6.07, 6.45) is 0. The van der Waals surface area contributed by atoms with Gasteiger partial charge in [0.15, 0.2) is 0 Å². The normalized spacial score (nSPS) is 9.42. The van der Waals surface area contributed by atoms with Crippen molar-refractivity contribution in [1.29, 1.82) is 0 Å². The first-order chi connectivity index (χ1) is 5.75. The van der Waals surface area contributed by atoms with Gasteiger partial charge in [0.25, 0.3) is 5.91 Å². The molecule has 4 nitrogen and oxygen atoms in total. The van der Waals surface area contributed by atoms with E-state index in [-0.39, 0.29) is 23.9 Å². The van der Waals surface area contributed by atoms with Crippen LogP contribution in [0.1, 0.15) is 10.4 Å². The van der Waals surface area contributed by atoms with Gasteiger partial charge in [-0.1, -0.05) is 12.1 Å². The number of hydrogen-bond acceptors (Lipinski definition) is 3. The van der Waals surface area contributed by atoms with Gasteiger partial charge in [0.2, 0.25) is 0 Å². The summed E-state index contributed by atoms with van der Waals surface area (Å²) >= 11 is 0. The molecule has 0 saturated carbocycles. The van der Waals surface area contributed by atoms with Crippen molar-refractivity contribution in [3.8, 4) is 5.75 Å². The van der Waals surface area contributed by atoms with Crippen molar-refractivity contribution in [2.75, 3.05) is 6.67 Å². The zero-order valence-electron chi connectivity index (χ0n) is 6.45. The van der Waals surface area contributed by atoms with Crippen LogP contribution in [-0.2, 0) is 0 Å². The fraction of sp³-hybridized carbons (Fsp3) is 0.125. The summed E-state index contributed by atoms with van der Waals surface area (Å²) in [5.41, 5.74) is 5.34. The Morgan fingerprint density at radius 3 is 2.75 bits per heavy atom. The molecule has 0 saturated heterocycles. The van der Waals surface area contributed by atoms with Crippen LogP contribution in [0.25, 0.3) is 0 Å². The molecule has 1 aromatic carbocycles. The highest BCUT2D eigenvalue weighted by atomic mass is 16.3. The van der Waals surface area contributed by atoms with Crippen LogP contribution in [0, 0.1) is 0 Å². The lowest BCUT2D eigenvalue weighted by Crippen LogP contribution is -2.29. The highest BCUT2D eigenvalue weighted by Gasteiger charge is 2.07. The van der Waals surface area contributed by atoms with Gasteiger partial charge in [-0.3, -0.25) is 4.79 Å². The number of hydrogen-bond donors (Lipinski definition) is 3. The van der Waals surface area contributed by atoms with Gasteiger partial charge in [-0.05, 0) is 12.1 Å². The van der Waals surface area contributed by atoms with Crippen LogP contribution in [0.4, 0.5) is 0 Å². The molecule has 4 heteroatoms. The molecule has 0 radical (unpaired) electrons. The molecule has 0 spiro atoms. The van der Waals surface area contributed by atoms with Gasteiger partial charge in [0.05, 0.1) is 12.2 Å². The van der Waals surface area contributed by atoms with Gasteiger partial charge in [-0.15, -0.1) is 0 Å². The van der Waals surface area contributed by atoms with E-state index in [1.807, 2.05) is 0 Å². The zero-order chi connectivity index (χ0) is 8.97. The first-order valence-corrected chi connectivity index (χ1v) is 3.52. The number of rotatable bonds is 2. The molecular weight excluding hydrogens is 156 g/mol. The minimum absolute atomic E-state index is 0.0385. The van der Waals surface area contributed by atoms with Crippen molar-refractivity contribution in [2.45, 2.75) is 0 Å². The Balaban J connectivity index is 2.87. The van der Waals surface area contributed by atoms with Gasteiger partial charge in [-0.25, -0.2) is 0 Å². The maximum absolute atomic E-state index is 11.1. The van der Waals surface area contributed by atoms with Crippen LogP contribution in [-0.4, -0.2) is 17.7 Å². The molecule has 64 valence electrons. The van der Waals surface area contributed by atoms with Gasteiger partial charge < -0.3 is 16.2 Å². The second-order valence-corrected chi connectivity index (χ2v) is 2.23. The summed E-state index contributed by atoms with van der Waals surface area (Å²) in [4.78, 5) is 11.1. The van der Waals surface area contributed by atoms with Crippen molar-refractivity contribution >= 4 is 5.91 Å². The largest absolute Gasteiger partial charge is 0.507 e. The second-order valence-electron chi connectivity index (χ2n) is 2.23. The summed E-state index contributed by atoms with van der Waals surface area (Å²) in [6.45, 7) is 0.0627. The molecule has 1 amide bonds. The monoisotopic (exact) mass is 166 g/mol. The standard InChI is InChI=1S/C8H10N2O2/c9-5-10-8(12)6-3-1-2-4-7(6)11/h1-4,11H,5,9H2,(H,10,12). The van der Waals surface area contributed by atoms with Crippen molar-refractivity contribution in [3.63, 3.8) is 0 Å². The number of nitrogens with two attached hydrogens (primary N) is 1. The van der Waals surface area contributed by atoms with Crippen LogP contribution in [0.5, 0.6) is 5.75 Å². The molecule has 0 unspecified atom stereocenters. The fourth-order valence-electron chi connectivity index (χ4n) is 0.854. The third-order valence-electron chi connectivity index (χ3n) is 1.41. The molecule has 4 N–H and O–H groups in total. The minimum Gasteiger partial charge on any atom is -0.507 e. The third-order valence-corrected chi connectivity index (χ3v) is 1.41. The van der Waals surface area contributed by atoms with Gasteiger partial charge in [-0.2, -0.15) is 0 Å². The molecule has 1 rings (SSSR count). The predicted molar refractivity (Wildman–Crippen MR) is 44.6 cm³/mol. The predicted octanol–water partition coefficient (Wildman–Crippen LogP) is 0.0382. The first-order valence-electron chi connectivity index (χ1n) is 3.52. The van der Waals surface area contributed by atoms with E-state index in [1.54, 1.807) is 12.1 Å². The molecule has 1 aromatic rings. The minimum atomic E-state index is -0.365. The van der Waals surface area contributed by atoms with E-state index < -0.39 is 0 Å². The number of nitrogens with one attached hydrogen (secondary N) is 1. The maximum atomic E-state index is 11.1. The van der Waals surface area contributed by atoms with E-state index in [1.165, 1.54) is 12.1 Å². The Kier molecular flexibility index (Phi) is 2.66. The van der Waals surface area contributed by atoms with Gasteiger partial charge in [0.1, 0.15) is 5.75 Å². The topological polar surface area (TPSA) is 75.3 Å². The van der Waals surface area contributed by atoms with Crippen LogP contribution < -0.4 is 11.1 Å². The fourth-order valence-corrected chi connectivity index (χ4v) is 0.854. The molecular formula is C8H10N2O2. The molecule has 0 heterocycles. The van der Waals surface area contributed by atoms with Gasteiger partial charge in [0, 0.05) is 0 Å². The number of phenolic OH excluding ortho intramolecular Hbond substituents is 1. The number of benzene rings is 1. The summed E-state index contributed by atoms with van der Waals surface area (Å²) in [6, 6.07) is 6.30. The Labute approximate surface area is 70.0 Å². The highest BCUT2D eigenvalue weighted by Crippen LogP contribution is 2.14. The Morgan fingerprint density at radius 2 is 2.17 bits per heavy atom. The number of carbonyl (C=O) groups excluding carboxylic acids is 1. The summed E-state index contributed by atoms with van der Waals surface area (Å²) < 4.78 is 0. The number of amides is 1. The van der Waals surface area contributed by atoms with Crippen molar-refractivity contribution in [2.24, 2.45) is 5.73 Å². The van der Waals surface area contributed by atoms with Crippen LogP contribution in [0.15, 0.2) is 24.3 Å². The first kappa shape index (κ1) is 8.55. The molecule has 0 aromatic heterocycles.